The number of rotatable bonds is 4. The molecule has 22 heavy (non-hydrogen) atoms. The molecule has 0 aromatic carbocycles. The molecule has 110 valence electrons. The van der Waals surface area contributed by atoms with Gasteiger partial charge in [-0.25, -0.2) is 0 Å². The molecule has 0 aliphatic rings. The first kappa shape index (κ1) is 13.2. The molecule has 0 saturated carbocycles. The molecule has 14 nitrogen and oxygen atoms in total. The molecule has 0 radical (unpaired) electrons. The Balaban J connectivity index is 2.00. The summed E-state index contributed by atoms with van der Waals surface area (Å²) in [7, 11) is 0. The highest BCUT2D eigenvalue weighted by molar-refractivity contribution is 5.63. The van der Waals surface area contributed by atoms with E-state index in [1.165, 1.54) is 0 Å². The van der Waals surface area contributed by atoms with Crippen LogP contribution < -0.4 is 0 Å². The fourth-order valence-electron chi connectivity index (χ4n) is 1.59. The summed E-state index contributed by atoms with van der Waals surface area (Å²) in [4.78, 5) is 20.2. The van der Waals surface area contributed by atoms with Crippen molar-refractivity contribution in [3.05, 3.63) is 32.6 Å². The van der Waals surface area contributed by atoms with E-state index < -0.39 is 9.85 Å². The zero-order valence-electron chi connectivity index (χ0n) is 10.4. The van der Waals surface area contributed by atoms with Gasteiger partial charge in [-0.1, -0.05) is 0 Å². The lowest BCUT2D eigenvalue weighted by atomic mass is 10.3. The summed E-state index contributed by atoms with van der Waals surface area (Å²) in [6.07, 6.45) is 2.12. The van der Waals surface area contributed by atoms with Crippen LogP contribution >= 0.6 is 0 Å². The van der Waals surface area contributed by atoms with Crippen molar-refractivity contribution in [2.24, 2.45) is 0 Å². The molecule has 2 N–H and O–H groups in total. The van der Waals surface area contributed by atoms with Crippen LogP contribution in [0.4, 0.5) is 11.4 Å². The molecular formula is C8H4N10O4. The third kappa shape index (κ3) is 2.09. The smallest absolute Gasteiger partial charge is 0.278 e. The Kier molecular flexibility index (Phi) is 2.95. The van der Waals surface area contributed by atoms with Crippen molar-refractivity contribution < 1.29 is 9.85 Å². The summed E-state index contributed by atoms with van der Waals surface area (Å²) in [6, 6.07) is 0. The van der Waals surface area contributed by atoms with Gasteiger partial charge in [-0.05, 0) is 0 Å². The third-order valence-electron chi connectivity index (χ3n) is 2.54. The number of aromatic nitrogens is 8. The van der Waals surface area contributed by atoms with Crippen molar-refractivity contribution >= 4 is 11.4 Å². The van der Waals surface area contributed by atoms with E-state index in [4.69, 9.17) is 0 Å². The minimum atomic E-state index is -0.672. The summed E-state index contributed by atoms with van der Waals surface area (Å²) in [5.74, 6) is -0.398. The van der Waals surface area contributed by atoms with Gasteiger partial charge in [0.1, 0.15) is 12.4 Å². The van der Waals surface area contributed by atoms with Crippen molar-refractivity contribution in [2.75, 3.05) is 0 Å². The molecule has 0 bridgehead atoms. The van der Waals surface area contributed by atoms with E-state index in [1.54, 1.807) is 0 Å². The molecule has 3 aromatic rings. The number of H-pyrrole nitrogens is 2. The summed E-state index contributed by atoms with van der Waals surface area (Å²) in [5, 5.41) is 48.0. The second kappa shape index (κ2) is 4.93. The van der Waals surface area contributed by atoms with Crippen molar-refractivity contribution in [3.8, 4) is 23.0 Å². The Hall–Kier alpha value is -3.84. The molecular weight excluding hydrogens is 300 g/mol. The van der Waals surface area contributed by atoms with Gasteiger partial charge < -0.3 is 0 Å². The minimum Gasteiger partial charge on any atom is -0.278 e. The number of nitro groups is 2. The van der Waals surface area contributed by atoms with Crippen LogP contribution in [0, 0.1) is 20.2 Å². The largest absolute Gasteiger partial charge is 0.318 e. The number of nitrogens with zero attached hydrogens (tertiary/aromatic N) is 8. The lowest BCUT2D eigenvalue weighted by Gasteiger charge is -1.95. The first-order chi connectivity index (χ1) is 10.6. The van der Waals surface area contributed by atoms with Gasteiger partial charge in [-0.15, -0.1) is 20.4 Å². The molecule has 0 saturated heterocycles. The zero-order chi connectivity index (χ0) is 15.7. The highest BCUT2D eigenvalue weighted by Gasteiger charge is 2.24. The lowest BCUT2D eigenvalue weighted by Crippen LogP contribution is -2.02. The molecule has 0 unspecified atom stereocenters. The van der Waals surface area contributed by atoms with Crippen LogP contribution in [0.1, 0.15) is 0 Å². The maximum atomic E-state index is 10.8. The number of hydrogen-bond acceptors (Lipinski definition) is 10. The van der Waals surface area contributed by atoms with Gasteiger partial charge in [-0.3, -0.25) is 30.4 Å². The fourth-order valence-corrected chi connectivity index (χ4v) is 1.59. The summed E-state index contributed by atoms with van der Waals surface area (Å²) in [5.41, 5.74) is -0.981. The quantitative estimate of drug-likeness (QED) is 0.483. The van der Waals surface area contributed by atoms with Gasteiger partial charge >= 0.3 is 11.4 Å². The van der Waals surface area contributed by atoms with Crippen LogP contribution in [0.15, 0.2) is 12.4 Å². The molecule has 0 fully saturated rings. The second-order valence-corrected chi connectivity index (χ2v) is 3.80. The Bertz CT molecular complexity index is 781. The Morgan fingerprint density at radius 2 is 1.14 bits per heavy atom. The van der Waals surface area contributed by atoms with Gasteiger partial charge in [0, 0.05) is 0 Å². The van der Waals surface area contributed by atoms with Crippen molar-refractivity contribution in [2.45, 2.75) is 0 Å². The number of hydrogen-bond donors (Lipinski definition) is 2. The van der Waals surface area contributed by atoms with Crippen molar-refractivity contribution in [1.29, 1.82) is 0 Å². The molecule has 3 heterocycles. The SMILES string of the molecule is O=[N+]([O-])c1c[nH]nc1-c1nnc(-c2n[nH]cc2[N+](=O)[O-])nn1. The van der Waals surface area contributed by atoms with E-state index in [0.717, 1.165) is 12.4 Å². The maximum absolute atomic E-state index is 10.8. The van der Waals surface area contributed by atoms with Crippen LogP contribution in [0.3, 0.4) is 0 Å². The van der Waals surface area contributed by atoms with E-state index in [1.807, 2.05) is 0 Å². The predicted molar refractivity (Wildman–Crippen MR) is 66.1 cm³/mol. The molecule has 3 rings (SSSR count). The fraction of sp³-hybridized carbons (Fsp3) is 0. The van der Waals surface area contributed by atoms with Gasteiger partial charge in [-0.2, -0.15) is 10.2 Å². The highest BCUT2D eigenvalue weighted by atomic mass is 16.6. The second-order valence-electron chi connectivity index (χ2n) is 3.80. The summed E-state index contributed by atoms with van der Waals surface area (Å²) >= 11 is 0. The normalized spacial score (nSPS) is 10.5. The standard InChI is InChI=1S/C8H4N10O4/c19-17(20)3-1-9-11-5(3)7-13-15-8(16-14-7)6-4(18(21)22)2-10-12-6/h1-2H,(H,9,11)(H,10,12). The number of aromatic amines is 2. The lowest BCUT2D eigenvalue weighted by molar-refractivity contribution is -0.384. The van der Waals surface area contributed by atoms with Crippen molar-refractivity contribution in [3.63, 3.8) is 0 Å². The Labute approximate surface area is 118 Å². The van der Waals surface area contributed by atoms with Crippen LogP contribution in [0.5, 0.6) is 0 Å². The maximum Gasteiger partial charge on any atom is 0.318 e. The van der Waals surface area contributed by atoms with E-state index in [-0.39, 0.29) is 34.4 Å². The molecule has 0 spiro atoms. The van der Waals surface area contributed by atoms with E-state index in [9.17, 15) is 20.2 Å². The van der Waals surface area contributed by atoms with Gasteiger partial charge in [0.25, 0.3) is 0 Å². The predicted octanol–water partition coefficient (Wildman–Crippen LogP) is -0.137. The molecule has 0 amide bonds. The molecule has 0 atom stereocenters. The monoisotopic (exact) mass is 304 g/mol. The first-order valence-electron chi connectivity index (χ1n) is 5.52. The molecule has 3 aromatic heterocycles. The zero-order valence-corrected chi connectivity index (χ0v) is 10.4. The summed E-state index contributed by atoms with van der Waals surface area (Å²) < 4.78 is 0. The van der Waals surface area contributed by atoms with E-state index in [2.05, 4.69) is 40.8 Å². The topological polar surface area (TPSA) is 195 Å². The van der Waals surface area contributed by atoms with Crippen LogP contribution in [0.25, 0.3) is 23.0 Å². The number of nitrogens with one attached hydrogen (secondary N) is 2. The third-order valence-corrected chi connectivity index (χ3v) is 2.54. The van der Waals surface area contributed by atoms with Gasteiger partial charge in [0.15, 0.2) is 0 Å². The molecule has 0 aliphatic carbocycles. The van der Waals surface area contributed by atoms with Crippen molar-refractivity contribution in [1.82, 2.24) is 40.8 Å². The molecule has 14 heteroatoms. The van der Waals surface area contributed by atoms with E-state index >= 15 is 0 Å². The average Bonchev–Trinajstić information content (AvgIpc) is 3.16. The Morgan fingerprint density at radius 3 is 1.45 bits per heavy atom. The minimum absolute atomic E-state index is 0.145. The Morgan fingerprint density at radius 1 is 0.773 bits per heavy atom. The van der Waals surface area contributed by atoms with Crippen LogP contribution in [-0.4, -0.2) is 50.6 Å². The van der Waals surface area contributed by atoms with E-state index in [0.29, 0.717) is 0 Å². The van der Waals surface area contributed by atoms with Gasteiger partial charge in [0.2, 0.25) is 23.0 Å². The van der Waals surface area contributed by atoms with Crippen LogP contribution in [0.2, 0.25) is 0 Å². The average molecular weight is 304 g/mol. The first-order valence-corrected chi connectivity index (χ1v) is 5.52. The van der Waals surface area contributed by atoms with Crippen LogP contribution in [-0.2, 0) is 0 Å². The summed E-state index contributed by atoms with van der Waals surface area (Å²) in [6.45, 7) is 0. The highest BCUT2D eigenvalue weighted by Crippen LogP contribution is 2.25. The molecule has 0 aliphatic heterocycles. The van der Waals surface area contributed by atoms with Gasteiger partial charge in [0.05, 0.1) is 9.85 Å².